The number of rotatable bonds is 5. The van der Waals surface area contributed by atoms with Gasteiger partial charge >= 0.3 is 0 Å². The van der Waals surface area contributed by atoms with Crippen molar-refractivity contribution in [3.63, 3.8) is 0 Å². The van der Waals surface area contributed by atoms with Crippen molar-refractivity contribution in [3.8, 4) is 0 Å². The number of halogens is 2. The van der Waals surface area contributed by atoms with Crippen LogP contribution in [0.5, 0.6) is 0 Å². The fourth-order valence-corrected chi connectivity index (χ4v) is 3.38. The van der Waals surface area contributed by atoms with Crippen LogP contribution < -0.4 is 10.0 Å². The average Bonchev–Trinajstić information content (AvgIpc) is 3.10. The molecule has 3 rings (SSSR count). The predicted octanol–water partition coefficient (Wildman–Crippen LogP) is 3.26. The maximum Gasteiger partial charge on any atom is 0.279 e. The van der Waals surface area contributed by atoms with Crippen molar-refractivity contribution in [2.75, 3.05) is 10.0 Å². The van der Waals surface area contributed by atoms with Gasteiger partial charge in [0.25, 0.3) is 15.9 Å². The lowest BCUT2D eigenvalue weighted by atomic mass is 10.3. The standard InChI is InChI=1S/C16H12ClFN4O3S/c17-10-1-5-12(6-2-10)20-15(23)14-9-19-21-16(14)26(24,25)22-13-7-3-11(18)4-8-13/h1-9,22H,(H,19,21)(H,20,23). The van der Waals surface area contributed by atoms with E-state index in [-0.39, 0.29) is 11.3 Å². The predicted molar refractivity (Wildman–Crippen MR) is 95.2 cm³/mol. The molecule has 0 atom stereocenters. The molecule has 0 unspecified atom stereocenters. The molecule has 10 heteroatoms. The van der Waals surface area contributed by atoms with Crippen molar-refractivity contribution < 1.29 is 17.6 Å². The minimum absolute atomic E-state index is 0.144. The SMILES string of the molecule is O=C(Nc1ccc(Cl)cc1)c1cn[nH]c1S(=O)(=O)Nc1ccc(F)cc1. The van der Waals surface area contributed by atoms with Crippen molar-refractivity contribution in [3.05, 3.63) is 71.1 Å². The topological polar surface area (TPSA) is 104 Å². The third-order valence-electron chi connectivity index (χ3n) is 3.32. The summed E-state index contributed by atoms with van der Waals surface area (Å²) in [7, 11) is -4.13. The lowest BCUT2D eigenvalue weighted by Gasteiger charge is -2.09. The van der Waals surface area contributed by atoms with Crippen LogP contribution in [-0.2, 0) is 10.0 Å². The second-order valence-electron chi connectivity index (χ2n) is 5.19. The highest BCUT2D eigenvalue weighted by molar-refractivity contribution is 7.92. The molecule has 0 bridgehead atoms. The second-order valence-corrected chi connectivity index (χ2v) is 7.24. The lowest BCUT2D eigenvalue weighted by Crippen LogP contribution is -2.19. The van der Waals surface area contributed by atoms with Crippen LogP contribution in [0.15, 0.2) is 59.8 Å². The highest BCUT2D eigenvalue weighted by Gasteiger charge is 2.25. The first-order valence-corrected chi connectivity index (χ1v) is 9.10. The number of sulfonamides is 1. The molecule has 26 heavy (non-hydrogen) atoms. The highest BCUT2D eigenvalue weighted by atomic mass is 35.5. The van der Waals surface area contributed by atoms with Crippen LogP contribution in [0, 0.1) is 5.82 Å². The van der Waals surface area contributed by atoms with E-state index < -0.39 is 26.8 Å². The number of nitrogens with one attached hydrogen (secondary N) is 3. The van der Waals surface area contributed by atoms with Crippen LogP contribution in [0.3, 0.4) is 0 Å². The first kappa shape index (κ1) is 17.9. The number of amides is 1. The van der Waals surface area contributed by atoms with Crippen molar-refractivity contribution in [1.82, 2.24) is 10.2 Å². The van der Waals surface area contributed by atoms with Gasteiger partial charge in [0, 0.05) is 16.4 Å². The van der Waals surface area contributed by atoms with Crippen LogP contribution in [0.1, 0.15) is 10.4 Å². The Morgan fingerprint density at radius 1 is 1.04 bits per heavy atom. The largest absolute Gasteiger partial charge is 0.322 e. The number of benzene rings is 2. The van der Waals surface area contributed by atoms with E-state index in [1.54, 1.807) is 24.3 Å². The first-order valence-electron chi connectivity index (χ1n) is 7.24. The minimum atomic E-state index is -4.13. The zero-order valence-corrected chi connectivity index (χ0v) is 14.6. The van der Waals surface area contributed by atoms with Gasteiger partial charge in [0.2, 0.25) is 0 Å². The van der Waals surface area contributed by atoms with E-state index in [9.17, 15) is 17.6 Å². The molecule has 1 amide bonds. The molecule has 1 aromatic heterocycles. The van der Waals surface area contributed by atoms with Gasteiger partial charge in [-0.15, -0.1) is 0 Å². The molecule has 134 valence electrons. The van der Waals surface area contributed by atoms with E-state index in [0.29, 0.717) is 10.7 Å². The Hall–Kier alpha value is -2.91. The summed E-state index contributed by atoms with van der Waals surface area (Å²) in [6.07, 6.45) is 1.10. The van der Waals surface area contributed by atoms with Gasteiger partial charge in [0.05, 0.1) is 11.8 Å². The van der Waals surface area contributed by atoms with E-state index in [1.165, 1.54) is 12.1 Å². The Morgan fingerprint density at radius 2 is 1.65 bits per heavy atom. The molecule has 0 saturated carbocycles. The Kier molecular flexibility index (Phi) is 4.92. The summed E-state index contributed by atoms with van der Waals surface area (Å²) < 4.78 is 40.2. The Bertz CT molecular complexity index is 1030. The zero-order chi connectivity index (χ0) is 18.7. The summed E-state index contributed by atoms with van der Waals surface area (Å²) in [6, 6.07) is 11.1. The lowest BCUT2D eigenvalue weighted by molar-refractivity contribution is 0.102. The van der Waals surface area contributed by atoms with E-state index in [2.05, 4.69) is 20.2 Å². The summed E-state index contributed by atoms with van der Waals surface area (Å²) in [5.41, 5.74) is 0.412. The molecule has 7 nitrogen and oxygen atoms in total. The van der Waals surface area contributed by atoms with Crippen molar-refractivity contribution >= 4 is 38.9 Å². The Labute approximate surface area is 153 Å². The van der Waals surface area contributed by atoms with Gasteiger partial charge in [-0.3, -0.25) is 14.6 Å². The summed E-state index contributed by atoms with van der Waals surface area (Å²) in [5.74, 6) is -1.17. The summed E-state index contributed by atoms with van der Waals surface area (Å²) in [4.78, 5) is 12.4. The number of hydrogen-bond donors (Lipinski definition) is 3. The first-order chi connectivity index (χ1) is 12.3. The number of hydrogen-bond acceptors (Lipinski definition) is 4. The fraction of sp³-hybridized carbons (Fsp3) is 0. The normalized spacial score (nSPS) is 11.2. The van der Waals surface area contributed by atoms with Gasteiger partial charge in [-0.1, -0.05) is 11.6 Å². The molecule has 0 aliphatic heterocycles. The average molecular weight is 395 g/mol. The van der Waals surface area contributed by atoms with Crippen LogP contribution in [0.2, 0.25) is 5.02 Å². The van der Waals surface area contributed by atoms with Crippen LogP contribution in [0.4, 0.5) is 15.8 Å². The van der Waals surface area contributed by atoms with Gasteiger partial charge in [-0.2, -0.15) is 13.5 Å². The molecule has 0 fully saturated rings. The fourth-order valence-electron chi connectivity index (χ4n) is 2.10. The van der Waals surface area contributed by atoms with Crippen molar-refractivity contribution in [2.24, 2.45) is 0 Å². The molecule has 0 aliphatic carbocycles. The number of aromatic amines is 1. The quantitative estimate of drug-likeness (QED) is 0.617. The molecule has 3 N–H and O–H groups in total. The van der Waals surface area contributed by atoms with Crippen LogP contribution in [0.25, 0.3) is 0 Å². The van der Waals surface area contributed by atoms with Gasteiger partial charge in [0.15, 0.2) is 5.03 Å². The summed E-state index contributed by atoms with van der Waals surface area (Å²) in [6.45, 7) is 0. The van der Waals surface area contributed by atoms with E-state index in [4.69, 9.17) is 11.6 Å². The highest BCUT2D eigenvalue weighted by Crippen LogP contribution is 2.20. The van der Waals surface area contributed by atoms with E-state index >= 15 is 0 Å². The van der Waals surface area contributed by atoms with Gasteiger partial charge in [0.1, 0.15) is 5.82 Å². The third-order valence-corrected chi connectivity index (χ3v) is 4.92. The molecular formula is C16H12ClFN4O3S. The maximum absolute atomic E-state index is 12.9. The monoisotopic (exact) mass is 394 g/mol. The van der Waals surface area contributed by atoms with Gasteiger partial charge < -0.3 is 5.32 Å². The van der Waals surface area contributed by atoms with Crippen LogP contribution >= 0.6 is 11.6 Å². The molecule has 3 aromatic rings. The van der Waals surface area contributed by atoms with Crippen molar-refractivity contribution in [1.29, 1.82) is 0 Å². The third kappa shape index (κ3) is 4.01. The molecule has 0 saturated heterocycles. The number of H-pyrrole nitrogens is 1. The molecule has 0 spiro atoms. The molecule has 1 heterocycles. The summed E-state index contributed by atoms with van der Waals surface area (Å²) in [5, 5.41) is 8.58. The van der Waals surface area contributed by atoms with Gasteiger partial charge in [-0.05, 0) is 48.5 Å². The number of carbonyl (C=O) groups is 1. The smallest absolute Gasteiger partial charge is 0.279 e. The van der Waals surface area contributed by atoms with Crippen molar-refractivity contribution in [2.45, 2.75) is 5.03 Å². The molecule has 2 aromatic carbocycles. The maximum atomic E-state index is 12.9. The molecule has 0 radical (unpaired) electrons. The number of aromatic nitrogens is 2. The van der Waals surface area contributed by atoms with Crippen LogP contribution in [-0.4, -0.2) is 24.5 Å². The second kappa shape index (κ2) is 7.14. The van der Waals surface area contributed by atoms with E-state index in [1.807, 2.05) is 0 Å². The zero-order valence-electron chi connectivity index (χ0n) is 13.0. The summed E-state index contributed by atoms with van der Waals surface area (Å²) >= 11 is 5.78. The number of anilines is 2. The molecular weight excluding hydrogens is 383 g/mol. The van der Waals surface area contributed by atoms with E-state index in [0.717, 1.165) is 18.3 Å². The number of carbonyl (C=O) groups excluding carboxylic acids is 1. The van der Waals surface area contributed by atoms with Gasteiger partial charge in [-0.25, -0.2) is 4.39 Å². The molecule has 0 aliphatic rings. The Morgan fingerprint density at radius 3 is 2.31 bits per heavy atom. The minimum Gasteiger partial charge on any atom is -0.322 e. The Balaban J connectivity index is 1.83. The number of nitrogens with zero attached hydrogens (tertiary/aromatic N) is 1.